The fourth-order valence-corrected chi connectivity index (χ4v) is 2.10. The Kier molecular flexibility index (Phi) is 4.84. The van der Waals surface area contributed by atoms with E-state index in [9.17, 15) is 4.79 Å². The quantitative estimate of drug-likeness (QED) is 0.782. The summed E-state index contributed by atoms with van der Waals surface area (Å²) < 4.78 is 1.64. The van der Waals surface area contributed by atoms with Crippen molar-refractivity contribution in [2.45, 2.75) is 33.2 Å². The van der Waals surface area contributed by atoms with Gasteiger partial charge in [-0.25, -0.2) is 0 Å². The van der Waals surface area contributed by atoms with E-state index in [1.165, 1.54) is 0 Å². The number of aryl methyl sites for hydroxylation is 2. The number of nitrogens with one attached hydrogen (secondary N) is 1. The van der Waals surface area contributed by atoms with Crippen LogP contribution in [0.3, 0.4) is 0 Å². The average Bonchev–Trinajstić information content (AvgIpc) is 2.66. The van der Waals surface area contributed by atoms with Crippen LogP contribution >= 0.6 is 12.2 Å². The van der Waals surface area contributed by atoms with E-state index in [0.717, 1.165) is 5.69 Å². The number of nitrogens with two attached hydrogens (primary N) is 1. The molecule has 1 rings (SSSR count). The first kappa shape index (κ1) is 14.6. The van der Waals surface area contributed by atoms with Crippen LogP contribution in [-0.4, -0.2) is 26.7 Å². The number of hydrogen-bond acceptors (Lipinski definition) is 3. The Labute approximate surface area is 113 Å². The van der Waals surface area contributed by atoms with Crippen molar-refractivity contribution in [1.29, 1.82) is 0 Å². The highest BCUT2D eigenvalue weighted by molar-refractivity contribution is 7.80. The molecule has 0 bridgehead atoms. The van der Waals surface area contributed by atoms with Crippen LogP contribution in [0.5, 0.6) is 0 Å². The van der Waals surface area contributed by atoms with Crippen LogP contribution < -0.4 is 11.1 Å². The van der Waals surface area contributed by atoms with Gasteiger partial charge in [0.1, 0.15) is 0 Å². The Morgan fingerprint density at radius 1 is 1.61 bits per heavy atom. The highest BCUT2D eigenvalue weighted by atomic mass is 32.1. The lowest BCUT2D eigenvalue weighted by molar-refractivity contribution is 0.0939. The van der Waals surface area contributed by atoms with E-state index in [1.54, 1.807) is 17.9 Å². The van der Waals surface area contributed by atoms with Gasteiger partial charge in [0.15, 0.2) is 0 Å². The van der Waals surface area contributed by atoms with E-state index in [-0.39, 0.29) is 17.9 Å². The standard InChI is InChI=1S/C12H20N4OS/c1-5-9-8(6-16(4)15-9)12(17)14-10(7(2)3)11(13)18/h6-7,10H,5H2,1-4H3,(H2,13,18)(H,14,17). The molecule has 0 radical (unpaired) electrons. The van der Waals surface area contributed by atoms with Gasteiger partial charge >= 0.3 is 0 Å². The topological polar surface area (TPSA) is 72.9 Å². The first-order chi connectivity index (χ1) is 8.36. The van der Waals surface area contributed by atoms with Crippen molar-refractivity contribution in [3.05, 3.63) is 17.5 Å². The summed E-state index contributed by atoms with van der Waals surface area (Å²) in [6.07, 6.45) is 2.42. The maximum atomic E-state index is 12.2. The minimum Gasteiger partial charge on any atom is -0.392 e. The monoisotopic (exact) mass is 268 g/mol. The van der Waals surface area contributed by atoms with Crippen molar-refractivity contribution in [2.75, 3.05) is 0 Å². The zero-order chi connectivity index (χ0) is 13.9. The number of rotatable bonds is 5. The Bertz CT molecular complexity index is 453. The molecule has 1 aromatic heterocycles. The maximum absolute atomic E-state index is 12.2. The summed E-state index contributed by atoms with van der Waals surface area (Å²) in [5.41, 5.74) is 7.00. The van der Waals surface area contributed by atoms with E-state index in [0.29, 0.717) is 17.0 Å². The summed E-state index contributed by atoms with van der Waals surface area (Å²) in [5.74, 6) is -0.0142. The number of carbonyl (C=O) groups excluding carboxylic acids is 1. The van der Waals surface area contributed by atoms with Crippen LogP contribution in [0.25, 0.3) is 0 Å². The summed E-state index contributed by atoms with van der Waals surface area (Å²) in [7, 11) is 1.80. The second-order valence-corrected chi connectivity index (χ2v) is 5.09. The molecule has 0 saturated heterocycles. The maximum Gasteiger partial charge on any atom is 0.255 e. The summed E-state index contributed by atoms with van der Waals surface area (Å²) >= 11 is 4.97. The van der Waals surface area contributed by atoms with Crippen LogP contribution in [0.1, 0.15) is 36.8 Å². The van der Waals surface area contributed by atoms with Crippen LogP contribution in [-0.2, 0) is 13.5 Å². The summed E-state index contributed by atoms with van der Waals surface area (Å²) in [6, 6.07) is -0.294. The normalized spacial score (nSPS) is 12.5. The Morgan fingerprint density at radius 3 is 2.67 bits per heavy atom. The number of nitrogens with zero attached hydrogens (tertiary/aromatic N) is 2. The third-order valence-corrected chi connectivity index (χ3v) is 3.00. The van der Waals surface area contributed by atoms with Gasteiger partial charge in [-0.15, -0.1) is 0 Å². The Morgan fingerprint density at radius 2 is 2.22 bits per heavy atom. The van der Waals surface area contributed by atoms with Gasteiger partial charge < -0.3 is 11.1 Å². The number of aromatic nitrogens is 2. The molecule has 1 atom stereocenters. The van der Waals surface area contributed by atoms with E-state index in [1.807, 2.05) is 20.8 Å². The second kappa shape index (κ2) is 5.95. The lowest BCUT2D eigenvalue weighted by Crippen LogP contribution is -2.46. The fraction of sp³-hybridized carbons (Fsp3) is 0.583. The summed E-state index contributed by atoms with van der Waals surface area (Å²) in [5, 5.41) is 7.10. The smallest absolute Gasteiger partial charge is 0.255 e. The van der Waals surface area contributed by atoms with Crippen molar-refractivity contribution in [2.24, 2.45) is 18.7 Å². The van der Waals surface area contributed by atoms with Crippen LogP contribution in [0.15, 0.2) is 6.20 Å². The van der Waals surface area contributed by atoms with Crippen molar-refractivity contribution >= 4 is 23.1 Å². The molecular weight excluding hydrogens is 248 g/mol. The zero-order valence-corrected chi connectivity index (χ0v) is 12.0. The van der Waals surface area contributed by atoms with E-state index >= 15 is 0 Å². The van der Waals surface area contributed by atoms with Gasteiger partial charge in [-0.1, -0.05) is 33.0 Å². The predicted molar refractivity (Wildman–Crippen MR) is 75.5 cm³/mol. The molecule has 0 fully saturated rings. The number of amides is 1. The van der Waals surface area contributed by atoms with Gasteiger partial charge in [-0.2, -0.15) is 5.10 Å². The first-order valence-corrected chi connectivity index (χ1v) is 6.40. The van der Waals surface area contributed by atoms with Gasteiger partial charge in [0, 0.05) is 13.2 Å². The highest BCUT2D eigenvalue weighted by Gasteiger charge is 2.22. The molecule has 0 aromatic carbocycles. The third-order valence-electron chi connectivity index (χ3n) is 2.74. The molecule has 1 amide bonds. The largest absolute Gasteiger partial charge is 0.392 e. The molecule has 1 aromatic rings. The Balaban J connectivity index is 2.90. The molecule has 1 heterocycles. The van der Waals surface area contributed by atoms with Crippen LogP contribution in [0.2, 0.25) is 0 Å². The zero-order valence-electron chi connectivity index (χ0n) is 11.2. The van der Waals surface area contributed by atoms with Gasteiger partial charge in [0.2, 0.25) is 0 Å². The molecule has 0 aliphatic carbocycles. The van der Waals surface area contributed by atoms with E-state index in [4.69, 9.17) is 18.0 Å². The predicted octanol–water partition coefficient (Wildman–Crippen LogP) is 1.02. The molecule has 0 saturated carbocycles. The minimum absolute atomic E-state index is 0.160. The highest BCUT2D eigenvalue weighted by Crippen LogP contribution is 2.09. The van der Waals surface area contributed by atoms with Gasteiger partial charge in [-0.05, 0) is 12.3 Å². The van der Waals surface area contributed by atoms with Gasteiger partial charge in [0.05, 0.1) is 22.3 Å². The molecule has 6 heteroatoms. The molecule has 0 spiro atoms. The van der Waals surface area contributed by atoms with Crippen molar-refractivity contribution < 1.29 is 4.79 Å². The number of thiocarbonyl (C=S) groups is 1. The van der Waals surface area contributed by atoms with Gasteiger partial charge in [0.25, 0.3) is 5.91 Å². The third kappa shape index (κ3) is 3.29. The molecule has 18 heavy (non-hydrogen) atoms. The van der Waals surface area contributed by atoms with Crippen molar-refractivity contribution in [1.82, 2.24) is 15.1 Å². The lowest BCUT2D eigenvalue weighted by Gasteiger charge is -2.20. The SMILES string of the molecule is CCc1nn(C)cc1C(=O)NC(C(N)=S)C(C)C. The molecule has 1 unspecified atom stereocenters. The lowest BCUT2D eigenvalue weighted by atomic mass is 10.0. The van der Waals surface area contributed by atoms with Gasteiger partial charge in [-0.3, -0.25) is 9.48 Å². The molecule has 100 valence electrons. The fourth-order valence-electron chi connectivity index (χ4n) is 1.77. The molecular formula is C12H20N4OS. The van der Waals surface area contributed by atoms with E-state index in [2.05, 4.69) is 10.4 Å². The number of hydrogen-bond donors (Lipinski definition) is 2. The summed E-state index contributed by atoms with van der Waals surface area (Å²) in [4.78, 5) is 12.5. The van der Waals surface area contributed by atoms with E-state index < -0.39 is 0 Å². The summed E-state index contributed by atoms with van der Waals surface area (Å²) in [6.45, 7) is 5.90. The minimum atomic E-state index is -0.294. The average molecular weight is 268 g/mol. The van der Waals surface area contributed by atoms with Crippen molar-refractivity contribution in [3.63, 3.8) is 0 Å². The Hall–Kier alpha value is -1.43. The van der Waals surface area contributed by atoms with Crippen molar-refractivity contribution in [3.8, 4) is 0 Å². The van der Waals surface area contributed by atoms with Crippen LogP contribution in [0.4, 0.5) is 0 Å². The molecule has 0 aliphatic heterocycles. The van der Waals surface area contributed by atoms with Crippen LogP contribution in [0, 0.1) is 5.92 Å². The number of carbonyl (C=O) groups is 1. The molecule has 0 aliphatic rings. The second-order valence-electron chi connectivity index (χ2n) is 4.61. The first-order valence-electron chi connectivity index (χ1n) is 5.99. The molecule has 5 nitrogen and oxygen atoms in total. The molecule has 3 N–H and O–H groups in total.